The second kappa shape index (κ2) is 11.7. The molecule has 1 unspecified atom stereocenters. The average Bonchev–Trinajstić information content (AvgIpc) is 2.79. The molecule has 2 aromatic rings. The number of piperazine rings is 1. The van der Waals surface area contributed by atoms with E-state index in [0.29, 0.717) is 36.6 Å². The molecule has 7 nitrogen and oxygen atoms in total. The number of halogens is 1. The predicted molar refractivity (Wildman–Crippen MR) is 128 cm³/mol. The smallest absolute Gasteiger partial charge is 0.259 e. The number of hydrogen-bond donors (Lipinski definition) is 1. The highest BCUT2D eigenvalue weighted by molar-refractivity contribution is 5.98. The number of aryl methyl sites for hydroxylation is 1. The summed E-state index contributed by atoms with van der Waals surface area (Å²) in [6.07, 6.45) is 0. The number of aromatic nitrogens is 1. The lowest BCUT2D eigenvalue weighted by atomic mass is 10.0. The lowest BCUT2D eigenvalue weighted by Gasteiger charge is -2.44. The second-order valence-electron chi connectivity index (χ2n) is 8.10. The number of methoxy groups -OCH3 is 1. The molecule has 0 bridgehead atoms. The van der Waals surface area contributed by atoms with E-state index in [1.54, 1.807) is 25.1 Å². The number of hydrogen-bond acceptors (Lipinski definition) is 5. The lowest BCUT2D eigenvalue weighted by Crippen LogP contribution is -2.57. The molecule has 2 atom stereocenters. The van der Waals surface area contributed by atoms with Crippen LogP contribution in [-0.2, 0) is 11.3 Å². The van der Waals surface area contributed by atoms with Gasteiger partial charge >= 0.3 is 0 Å². The molecule has 3 rings (SSSR count). The van der Waals surface area contributed by atoms with Gasteiger partial charge in [-0.15, -0.1) is 0 Å². The molecule has 0 aliphatic carbocycles. The molecule has 8 heteroatoms. The standard InChI is InChI=1S/C23H29FN4O3.C2H6/c1-14-10-20(22(31-5)26-21(14)25-17(4)29)23(30)28-12-15(2)27(11-16(28)3)13-18-6-8-19(24)9-7-18;1-2/h6-10,15-16H,11-13H2,1-5H3,(H,25,26,29);1-2H3/t15-,16?;/m0./s1. The van der Waals surface area contributed by atoms with Crippen LogP contribution in [0.5, 0.6) is 5.88 Å². The summed E-state index contributed by atoms with van der Waals surface area (Å²) in [5.41, 5.74) is 2.10. The predicted octanol–water partition coefficient (Wildman–Crippen LogP) is 4.26. The zero-order valence-electron chi connectivity index (χ0n) is 20.6. The van der Waals surface area contributed by atoms with Crippen molar-refractivity contribution in [2.45, 2.75) is 60.2 Å². The first-order valence-electron chi connectivity index (χ1n) is 11.3. The van der Waals surface area contributed by atoms with Crippen LogP contribution < -0.4 is 10.1 Å². The molecule has 33 heavy (non-hydrogen) atoms. The summed E-state index contributed by atoms with van der Waals surface area (Å²) in [7, 11) is 1.46. The van der Waals surface area contributed by atoms with Gasteiger partial charge < -0.3 is 15.0 Å². The maximum absolute atomic E-state index is 13.4. The zero-order valence-corrected chi connectivity index (χ0v) is 20.6. The zero-order chi connectivity index (χ0) is 24.7. The molecular weight excluding hydrogens is 423 g/mol. The van der Waals surface area contributed by atoms with E-state index in [0.717, 1.165) is 5.56 Å². The van der Waals surface area contributed by atoms with Gasteiger partial charge in [0, 0.05) is 38.6 Å². The number of carbonyl (C=O) groups excluding carboxylic acids is 2. The first kappa shape index (κ1) is 26.3. The molecule has 1 saturated heterocycles. The Morgan fingerprint density at radius 1 is 1.15 bits per heavy atom. The summed E-state index contributed by atoms with van der Waals surface area (Å²) in [6, 6.07) is 8.33. The van der Waals surface area contributed by atoms with Gasteiger partial charge in [-0.25, -0.2) is 4.39 Å². The van der Waals surface area contributed by atoms with Crippen molar-refractivity contribution in [1.29, 1.82) is 0 Å². The lowest BCUT2D eigenvalue weighted by molar-refractivity contribution is -0.114. The van der Waals surface area contributed by atoms with Gasteiger partial charge in [0.1, 0.15) is 17.2 Å². The van der Waals surface area contributed by atoms with E-state index >= 15 is 0 Å². The van der Waals surface area contributed by atoms with Crippen LogP contribution in [0.1, 0.15) is 56.1 Å². The molecule has 2 amide bonds. The molecule has 1 aromatic carbocycles. The van der Waals surface area contributed by atoms with E-state index in [4.69, 9.17) is 4.74 Å². The SMILES string of the molecule is CC.COc1nc(NC(C)=O)c(C)cc1C(=O)N1C[C@H](C)N(Cc2ccc(F)cc2)CC1C. The Morgan fingerprint density at radius 2 is 1.79 bits per heavy atom. The number of nitrogens with zero attached hydrogens (tertiary/aromatic N) is 3. The van der Waals surface area contributed by atoms with Crippen molar-refractivity contribution in [2.75, 3.05) is 25.5 Å². The van der Waals surface area contributed by atoms with E-state index in [1.807, 2.05) is 25.7 Å². The highest BCUT2D eigenvalue weighted by Crippen LogP contribution is 2.27. The van der Waals surface area contributed by atoms with Crippen molar-refractivity contribution in [3.63, 3.8) is 0 Å². The molecule has 1 aromatic heterocycles. The number of pyridine rings is 1. The molecule has 180 valence electrons. The Labute approximate surface area is 195 Å². The average molecular weight is 459 g/mol. The van der Waals surface area contributed by atoms with Crippen LogP contribution in [0.25, 0.3) is 0 Å². The minimum atomic E-state index is -0.247. The number of ether oxygens (including phenoxy) is 1. The molecule has 0 saturated carbocycles. The van der Waals surface area contributed by atoms with Gasteiger partial charge in [0.2, 0.25) is 11.8 Å². The van der Waals surface area contributed by atoms with Crippen LogP contribution in [0.3, 0.4) is 0 Å². The molecule has 1 aliphatic heterocycles. The normalized spacial score (nSPS) is 18.2. The number of rotatable bonds is 5. The van der Waals surface area contributed by atoms with E-state index in [9.17, 15) is 14.0 Å². The number of amides is 2. The summed E-state index contributed by atoms with van der Waals surface area (Å²) >= 11 is 0. The molecule has 1 aliphatic rings. The first-order chi connectivity index (χ1) is 15.7. The third-order valence-electron chi connectivity index (χ3n) is 5.57. The van der Waals surface area contributed by atoms with Crippen molar-refractivity contribution in [3.05, 3.63) is 52.8 Å². The Morgan fingerprint density at radius 3 is 2.36 bits per heavy atom. The monoisotopic (exact) mass is 458 g/mol. The van der Waals surface area contributed by atoms with Crippen LogP contribution in [0, 0.1) is 12.7 Å². The quantitative estimate of drug-likeness (QED) is 0.725. The minimum absolute atomic E-state index is 0.0239. The minimum Gasteiger partial charge on any atom is -0.480 e. The van der Waals surface area contributed by atoms with Crippen molar-refractivity contribution in [1.82, 2.24) is 14.8 Å². The number of anilines is 1. The highest BCUT2D eigenvalue weighted by Gasteiger charge is 2.34. The molecule has 0 spiro atoms. The summed E-state index contributed by atoms with van der Waals surface area (Å²) in [4.78, 5) is 33.2. The third kappa shape index (κ3) is 6.51. The Balaban J connectivity index is 0.00000187. The third-order valence-corrected chi connectivity index (χ3v) is 5.57. The van der Waals surface area contributed by atoms with Crippen LogP contribution in [0.2, 0.25) is 0 Å². The second-order valence-corrected chi connectivity index (χ2v) is 8.10. The molecule has 2 heterocycles. The summed E-state index contributed by atoms with van der Waals surface area (Å²) in [5.74, 6) is -0.0682. The summed E-state index contributed by atoms with van der Waals surface area (Å²) < 4.78 is 18.5. The van der Waals surface area contributed by atoms with E-state index < -0.39 is 0 Å². The number of benzene rings is 1. The van der Waals surface area contributed by atoms with Gasteiger partial charge in [-0.05, 0) is 50.1 Å². The van der Waals surface area contributed by atoms with Crippen LogP contribution in [0.15, 0.2) is 30.3 Å². The van der Waals surface area contributed by atoms with Crippen molar-refractivity contribution >= 4 is 17.6 Å². The fourth-order valence-corrected chi connectivity index (χ4v) is 3.88. The van der Waals surface area contributed by atoms with Crippen molar-refractivity contribution in [3.8, 4) is 5.88 Å². The Bertz CT molecular complexity index is 965. The maximum Gasteiger partial charge on any atom is 0.259 e. The van der Waals surface area contributed by atoms with E-state index in [1.165, 1.54) is 26.2 Å². The van der Waals surface area contributed by atoms with Crippen LogP contribution >= 0.6 is 0 Å². The number of nitrogens with one attached hydrogen (secondary N) is 1. The fraction of sp³-hybridized carbons (Fsp3) is 0.480. The van der Waals surface area contributed by atoms with Gasteiger partial charge in [0.05, 0.1) is 7.11 Å². The van der Waals surface area contributed by atoms with Crippen molar-refractivity contribution in [2.24, 2.45) is 0 Å². The molecule has 1 N–H and O–H groups in total. The van der Waals surface area contributed by atoms with Gasteiger partial charge in [-0.2, -0.15) is 4.98 Å². The van der Waals surface area contributed by atoms with Gasteiger partial charge in [0.25, 0.3) is 5.91 Å². The number of carbonyl (C=O) groups is 2. The van der Waals surface area contributed by atoms with Gasteiger partial charge in [-0.3, -0.25) is 14.5 Å². The topological polar surface area (TPSA) is 74.8 Å². The highest BCUT2D eigenvalue weighted by atomic mass is 19.1. The van der Waals surface area contributed by atoms with Crippen LogP contribution in [0.4, 0.5) is 10.2 Å². The van der Waals surface area contributed by atoms with Gasteiger partial charge in [0.15, 0.2) is 0 Å². The largest absolute Gasteiger partial charge is 0.480 e. The molecular formula is C25H35FN4O3. The van der Waals surface area contributed by atoms with Gasteiger partial charge in [-0.1, -0.05) is 26.0 Å². The summed E-state index contributed by atoms with van der Waals surface area (Å²) in [5, 5.41) is 2.66. The Kier molecular flexibility index (Phi) is 9.34. The maximum atomic E-state index is 13.4. The van der Waals surface area contributed by atoms with E-state index in [-0.39, 0.29) is 35.6 Å². The van der Waals surface area contributed by atoms with Crippen LogP contribution in [-0.4, -0.2) is 58.9 Å². The fourth-order valence-electron chi connectivity index (χ4n) is 3.88. The first-order valence-corrected chi connectivity index (χ1v) is 11.3. The molecule has 1 fully saturated rings. The van der Waals surface area contributed by atoms with Crippen molar-refractivity contribution < 1.29 is 18.7 Å². The van der Waals surface area contributed by atoms with E-state index in [2.05, 4.69) is 22.1 Å². The molecule has 0 radical (unpaired) electrons. The summed E-state index contributed by atoms with van der Waals surface area (Å²) in [6.45, 7) is 13.2. The Hall–Kier alpha value is -3.00.